The minimum atomic E-state index is -4.08. The van der Waals surface area contributed by atoms with Crippen molar-refractivity contribution in [2.45, 2.75) is 31.7 Å². The van der Waals surface area contributed by atoms with Gasteiger partial charge in [-0.25, -0.2) is 8.42 Å². The molecule has 0 bridgehead atoms. The van der Waals surface area contributed by atoms with Gasteiger partial charge < -0.3 is 5.32 Å². The predicted octanol–water partition coefficient (Wildman–Crippen LogP) is 4.27. The summed E-state index contributed by atoms with van der Waals surface area (Å²) in [6.07, 6.45) is 0. The number of aryl methyl sites for hydroxylation is 3. The summed E-state index contributed by atoms with van der Waals surface area (Å²) in [7, 11) is -4.08. The second-order valence-corrected chi connectivity index (χ2v) is 9.83. The lowest BCUT2D eigenvalue weighted by Crippen LogP contribution is -2.37. The van der Waals surface area contributed by atoms with Crippen molar-refractivity contribution >= 4 is 44.4 Å². The number of anilines is 1. The largest absolute Gasteiger partial charge is 0.324 e. The van der Waals surface area contributed by atoms with Gasteiger partial charge >= 0.3 is 0 Å². The molecule has 0 radical (unpaired) electrons. The fourth-order valence-corrected chi connectivity index (χ4v) is 5.66. The summed E-state index contributed by atoms with van der Waals surface area (Å²) in [5.74, 6) is -0.474. The number of hydrogen-bond acceptors (Lipinski definition) is 6. The molecule has 4 rings (SSSR count). The van der Waals surface area contributed by atoms with Crippen molar-refractivity contribution < 1.29 is 13.2 Å². The molecule has 9 heteroatoms. The molecule has 164 valence electrons. The number of hydrogen-bond donors (Lipinski definition) is 2. The summed E-state index contributed by atoms with van der Waals surface area (Å²) in [5, 5.41) is 2.92. The topological polar surface area (TPSA) is 101 Å². The third kappa shape index (κ3) is 4.40. The van der Waals surface area contributed by atoms with Gasteiger partial charge in [-0.2, -0.15) is 13.5 Å². The molecule has 1 unspecified atom stereocenters. The van der Waals surface area contributed by atoms with Crippen LogP contribution in [0.5, 0.6) is 0 Å². The van der Waals surface area contributed by atoms with Crippen LogP contribution in [0.2, 0.25) is 0 Å². The van der Waals surface area contributed by atoms with Crippen LogP contribution < -0.4 is 10.0 Å². The average Bonchev–Trinajstić information content (AvgIpc) is 3.24. The molecule has 2 N–H and O–H groups in total. The third-order valence-corrected chi connectivity index (χ3v) is 7.13. The van der Waals surface area contributed by atoms with Gasteiger partial charge in [0.05, 0.1) is 11.7 Å². The molecule has 0 saturated heterocycles. The maximum absolute atomic E-state index is 13.4. The molecule has 0 aliphatic carbocycles. The Kier molecular flexibility index (Phi) is 6.05. The van der Waals surface area contributed by atoms with E-state index in [0.717, 1.165) is 28.4 Å². The van der Waals surface area contributed by atoms with E-state index in [1.54, 1.807) is 36.4 Å². The van der Waals surface area contributed by atoms with Gasteiger partial charge in [-0.15, -0.1) is 0 Å². The summed E-state index contributed by atoms with van der Waals surface area (Å²) < 4.78 is 37.4. The van der Waals surface area contributed by atoms with E-state index >= 15 is 0 Å². The molecule has 1 atom stereocenters. The van der Waals surface area contributed by atoms with E-state index in [9.17, 15) is 13.2 Å². The zero-order valence-corrected chi connectivity index (χ0v) is 19.4. The SMILES string of the molecule is Cc1cc(C)c(NC(=O)C(NS(=O)(=O)c2cccc3nsnc23)c2ccccc2)c(C)c1. The number of carbonyl (C=O) groups is 1. The first-order valence-electron chi connectivity index (χ1n) is 9.93. The predicted molar refractivity (Wildman–Crippen MR) is 126 cm³/mol. The molecular weight excluding hydrogens is 444 g/mol. The number of amides is 1. The zero-order valence-electron chi connectivity index (χ0n) is 17.8. The van der Waals surface area contributed by atoms with Crippen LogP contribution in [0.4, 0.5) is 5.69 Å². The van der Waals surface area contributed by atoms with E-state index in [1.165, 1.54) is 6.07 Å². The number of aromatic nitrogens is 2. The number of nitrogens with zero attached hydrogens (tertiary/aromatic N) is 2. The normalized spacial score (nSPS) is 12.6. The van der Waals surface area contributed by atoms with Crippen molar-refractivity contribution in [3.05, 3.63) is 82.9 Å². The lowest BCUT2D eigenvalue weighted by atomic mass is 10.0. The molecule has 4 aromatic rings. The second-order valence-electron chi connectivity index (χ2n) is 7.62. The van der Waals surface area contributed by atoms with Gasteiger partial charge in [0.2, 0.25) is 15.9 Å². The minimum Gasteiger partial charge on any atom is -0.324 e. The van der Waals surface area contributed by atoms with Gasteiger partial charge in [-0.3, -0.25) is 4.79 Å². The first-order chi connectivity index (χ1) is 15.3. The highest BCUT2D eigenvalue weighted by Gasteiger charge is 2.29. The molecule has 32 heavy (non-hydrogen) atoms. The summed E-state index contributed by atoms with van der Waals surface area (Å²) in [4.78, 5) is 13.3. The maximum Gasteiger partial charge on any atom is 0.247 e. The molecule has 0 aliphatic heterocycles. The average molecular weight is 467 g/mol. The van der Waals surface area contributed by atoms with E-state index in [1.807, 2.05) is 39.0 Å². The number of nitrogens with one attached hydrogen (secondary N) is 2. The standard InChI is InChI=1S/C23H22N4O3S2/c1-14-12-15(2)20(16(3)13-14)24-23(28)21(17-8-5-4-6-9-17)27-32(29,30)19-11-7-10-18-22(19)26-31-25-18/h4-13,21,27H,1-3H3,(H,24,28). The first kappa shape index (κ1) is 22.1. The summed E-state index contributed by atoms with van der Waals surface area (Å²) in [6, 6.07) is 16.3. The van der Waals surface area contributed by atoms with E-state index in [2.05, 4.69) is 18.8 Å². The van der Waals surface area contributed by atoms with E-state index in [0.29, 0.717) is 16.8 Å². The number of benzene rings is 3. The molecule has 1 heterocycles. The maximum atomic E-state index is 13.4. The third-order valence-electron chi connectivity index (χ3n) is 5.13. The minimum absolute atomic E-state index is 0.0137. The summed E-state index contributed by atoms with van der Waals surface area (Å²) >= 11 is 0.939. The lowest BCUT2D eigenvalue weighted by molar-refractivity contribution is -0.117. The van der Waals surface area contributed by atoms with Gasteiger partial charge in [-0.05, 0) is 49.6 Å². The Morgan fingerprint density at radius 1 is 0.938 bits per heavy atom. The number of sulfonamides is 1. The van der Waals surface area contributed by atoms with Crippen molar-refractivity contribution in [3.8, 4) is 0 Å². The monoisotopic (exact) mass is 466 g/mol. The van der Waals surface area contributed by atoms with Gasteiger partial charge in [0, 0.05) is 5.69 Å². The van der Waals surface area contributed by atoms with E-state index in [4.69, 9.17) is 0 Å². The van der Waals surface area contributed by atoms with Crippen LogP contribution in [-0.2, 0) is 14.8 Å². The Hall–Kier alpha value is -3.14. The second kappa shape index (κ2) is 8.78. The van der Waals surface area contributed by atoms with Crippen molar-refractivity contribution in [1.29, 1.82) is 0 Å². The van der Waals surface area contributed by atoms with Crippen LogP contribution in [-0.4, -0.2) is 23.1 Å². The molecule has 0 aliphatic rings. The van der Waals surface area contributed by atoms with E-state index < -0.39 is 22.0 Å². The molecule has 7 nitrogen and oxygen atoms in total. The molecule has 1 amide bonds. The smallest absolute Gasteiger partial charge is 0.247 e. The summed E-state index contributed by atoms with van der Waals surface area (Å²) in [5.41, 5.74) is 4.87. The number of fused-ring (bicyclic) bond motifs is 1. The van der Waals surface area contributed by atoms with Gasteiger partial charge in [0.1, 0.15) is 22.0 Å². The Balaban J connectivity index is 1.72. The van der Waals surface area contributed by atoms with Crippen LogP contribution in [0.1, 0.15) is 28.3 Å². The molecule has 3 aromatic carbocycles. The highest BCUT2D eigenvalue weighted by Crippen LogP contribution is 2.26. The Morgan fingerprint density at radius 3 is 2.31 bits per heavy atom. The highest BCUT2D eigenvalue weighted by molar-refractivity contribution is 7.89. The highest BCUT2D eigenvalue weighted by atomic mass is 32.2. The molecule has 0 saturated carbocycles. The molecule has 0 fully saturated rings. The van der Waals surface area contributed by atoms with Gasteiger partial charge in [0.15, 0.2) is 0 Å². The quantitative estimate of drug-likeness (QED) is 0.442. The van der Waals surface area contributed by atoms with Crippen molar-refractivity contribution in [2.24, 2.45) is 0 Å². The van der Waals surface area contributed by atoms with Crippen LogP contribution in [0.15, 0.2) is 65.6 Å². The lowest BCUT2D eigenvalue weighted by Gasteiger charge is -2.21. The Bertz CT molecular complexity index is 1380. The van der Waals surface area contributed by atoms with Crippen LogP contribution >= 0.6 is 11.7 Å². The van der Waals surface area contributed by atoms with Crippen molar-refractivity contribution in [2.75, 3.05) is 5.32 Å². The Labute approximate surface area is 190 Å². The Morgan fingerprint density at radius 2 is 1.62 bits per heavy atom. The molecule has 0 spiro atoms. The fraction of sp³-hybridized carbons (Fsp3) is 0.174. The van der Waals surface area contributed by atoms with Crippen molar-refractivity contribution in [1.82, 2.24) is 13.5 Å². The van der Waals surface area contributed by atoms with E-state index in [-0.39, 0.29) is 10.4 Å². The van der Waals surface area contributed by atoms with Crippen LogP contribution in [0.3, 0.4) is 0 Å². The number of rotatable bonds is 6. The van der Waals surface area contributed by atoms with Gasteiger partial charge in [0.25, 0.3) is 0 Å². The molecule has 1 aromatic heterocycles. The van der Waals surface area contributed by atoms with Crippen LogP contribution in [0.25, 0.3) is 11.0 Å². The number of carbonyl (C=O) groups excluding carboxylic acids is 1. The first-order valence-corrected chi connectivity index (χ1v) is 12.1. The van der Waals surface area contributed by atoms with Gasteiger partial charge in [-0.1, -0.05) is 54.1 Å². The van der Waals surface area contributed by atoms with Crippen molar-refractivity contribution in [3.63, 3.8) is 0 Å². The molecular formula is C23H22N4O3S2. The fourth-order valence-electron chi connectivity index (χ4n) is 3.71. The van der Waals surface area contributed by atoms with Crippen LogP contribution in [0, 0.1) is 20.8 Å². The summed E-state index contributed by atoms with van der Waals surface area (Å²) in [6.45, 7) is 5.81. The zero-order chi connectivity index (χ0) is 22.9.